The number of benzene rings is 1. The zero-order chi connectivity index (χ0) is 12.6. The van der Waals surface area contributed by atoms with Gasteiger partial charge in [0.2, 0.25) is 0 Å². The molecule has 0 atom stereocenters. The van der Waals surface area contributed by atoms with Crippen LogP contribution in [0, 0.1) is 0 Å². The normalized spacial score (nSPS) is 17.2. The van der Waals surface area contributed by atoms with Gasteiger partial charge in [0.1, 0.15) is 0 Å². The van der Waals surface area contributed by atoms with Crippen LogP contribution in [0.4, 0.5) is 0 Å². The van der Waals surface area contributed by atoms with Gasteiger partial charge in [0, 0.05) is 38.9 Å². The summed E-state index contributed by atoms with van der Waals surface area (Å²) >= 11 is 0. The zero-order valence-electron chi connectivity index (χ0n) is 11.3. The van der Waals surface area contributed by atoms with E-state index >= 15 is 0 Å². The lowest BCUT2D eigenvalue weighted by atomic mass is 10.1. The zero-order valence-corrected chi connectivity index (χ0v) is 11.3. The van der Waals surface area contributed by atoms with Crippen molar-refractivity contribution in [2.24, 2.45) is 0 Å². The molecule has 2 rings (SSSR count). The quantitative estimate of drug-likeness (QED) is 0.832. The molecule has 1 N–H and O–H groups in total. The first-order chi connectivity index (χ1) is 8.84. The molecule has 0 spiro atoms. The van der Waals surface area contributed by atoms with Crippen LogP contribution in [-0.4, -0.2) is 44.3 Å². The average molecular weight is 248 g/mol. The monoisotopic (exact) mass is 248 g/mol. The van der Waals surface area contributed by atoms with Crippen molar-refractivity contribution < 1.29 is 4.74 Å². The molecular formula is C15H24N2O. The number of likely N-dealkylation sites (N-methyl/N-ethyl adjacent to an activating group) is 1. The Morgan fingerprint density at radius 2 is 1.94 bits per heavy atom. The molecule has 0 aromatic heterocycles. The highest BCUT2D eigenvalue weighted by atomic mass is 16.5. The first-order valence-corrected chi connectivity index (χ1v) is 6.88. The largest absolute Gasteiger partial charge is 0.381 e. The van der Waals surface area contributed by atoms with Crippen molar-refractivity contribution in [1.29, 1.82) is 0 Å². The molecule has 1 aromatic carbocycles. The smallest absolute Gasteiger partial charge is 0.0480 e. The van der Waals surface area contributed by atoms with E-state index in [-0.39, 0.29) is 0 Å². The molecule has 3 nitrogen and oxygen atoms in total. The molecule has 0 aliphatic carbocycles. The van der Waals surface area contributed by atoms with E-state index in [1.54, 1.807) is 0 Å². The van der Waals surface area contributed by atoms with Crippen molar-refractivity contribution in [3.8, 4) is 0 Å². The summed E-state index contributed by atoms with van der Waals surface area (Å²) in [6, 6.07) is 11.3. The molecule has 3 heteroatoms. The van der Waals surface area contributed by atoms with Crippen LogP contribution in [-0.2, 0) is 11.3 Å². The first-order valence-electron chi connectivity index (χ1n) is 6.88. The minimum atomic E-state index is 0.656. The highest BCUT2D eigenvalue weighted by molar-refractivity contribution is 5.14. The SMILES string of the molecule is CN(CCNC1CCOCC1)Cc1ccccc1. The summed E-state index contributed by atoms with van der Waals surface area (Å²) in [4.78, 5) is 2.36. The van der Waals surface area contributed by atoms with Gasteiger partial charge in [0.05, 0.1) is 0 Å². The van der Waals surface area contributed by atoms with Crippen LogP contribution in [0.2, 0.25) is 0 Å². The van der Waals surface area contributed by atoms with Crippen molar-refractivity contribution in [1.82, 2.24) is 10.2 Å². The number of nitrogens with one attached hydrogen (secondary N) is 1. The molecule has 0 saturated carbocycles. The third-order valence-corrected chi connectivity index (χ3v) is 3.44. The molecule has 0 unspecified atom stereocenters. The van der Waals surface area contributed by atoms with Crippen molar-refractivity contribution in [3.05, 3.63) is 35.9 Å². The molecule has 100 valence electrons. The lowest BCUT2D eigenvalue weighted by molar-refractivity contribution is 0.0774. The van der Waals surface area contributed by atoms with Crippen LogP contribution in [0.1, 0.15) is 18.4 Å². The van der Waals surface area contributed by atoms with E-state index in [0.717, 1.165) is 45.7 Å². The van der Waals surface area contributed by atoms with Crippen molar-refractivity contribution in [2.75, 3.05) is 33.4 Å². The van der Waals surface area contributed by atoms with Crippen molar-refractivity contribution in [3.63, 3.8) is 0 Å². The molecule has 1 aliphatic heterocycles. The lowest BCUT2D eigenvalue weighted by Crippen LogP contribution is -2.39. The molecule has 1 fully saturated rings. The Morgan fingerprint density at radius 1 is 1.22 bits per heavy atom. The third-order valence-electron chi connectivity index (χ3n) is 3.44. The second kappa shape index (κ2) is 7.52. The Labute approximate surface area is 110 Å². The Morgan fingerprint density at radius 3 is 2.67 bits per heavy atom. The maximum Gasteiger partial charge on any atom is 0.0480 e. The second-order valence-electron chi connectivity index (χ2n) is 5.06. The van der Waals surface area contributed by atoms with E-state index < -0.39 is 0 Å². The van der Waals surface area contributed by atoms with Crippen molar-refractivity contribution >= 4 is 0 Å². The van der Waals surface area contributed by atoms with E-state index in [1.165, 1.54) is 5.56 Å². The van der Waals surface area contributed by atoms with E-state index in [1.807, 2.05) is 0 Å². The summed E-state index contributed by atoms with van der Waals surface area (Å²) in [5.41, 5.74) is 1.38. The Balaban J connectivity index is 1.61. The maximum atomic E-state index is 5.36. The summed E-state index contributed by atoms with van der Waals surface area (Å²) in [5, 5.41) is 3.62. The highest BCUT2D eigenvalue weighted by Crippen LogP contribution is 2.06. The van der Waals surface area contributed by atoms with E-state index in [2.05, 4.69) is 47.6 Å². The minimum absolute atomic E-state index is 0.656. The van der Waals surface area contributed by atoms with Gasteiger partial charge in [0.25, 0.3) is 0 Å². The molecular weight excluding hydrogens is 224 g/mol. The summed E-state index contributed by atoms with van der Waals surface area (Å²) in [5.74, 6) is 0. The summed E-state index contributed by atoms with van der Waals surface area (Å²) in [7, 11) is 2.18. The first kappa shape index (κ1) is 13.5. The topological polar surface area (TPSA) is 24.5 Å². The number of hydrogen-bond acceptors (Lipinski definition) is 3. The molecule has 18 heavy (non-hydrogen) atoms. The van der Waals surface area contributed by atoms with Crippen LogP contribution < -0.4 is 5.32 Å². The number of nitrogens with zero attached hydrogens (tertiary/aromatic N) is 1. The third kappa shape index (κ3) is 4.77. The molecule has 0 radical (unpaired) electrons. The van der Waals surface area contributed by atoms with Gasteiger partial charge >= 0.3 is 0 Å². The van der Waals surface area contributed by atoms with Gasteiger partial charge in [-0.15, -0.1) is 0 Å². The number of hydrogen-bond donors (Lipinski definition) is 1. The maximum absolute atomic E-state index is 5.36. The van der Waals surface area contributed by atoms with Gasteiger partial charge in [0.15, 0.2) is 0 Å². The second-order valence-corrected chi connectivity index (χ2v) is 5.06. The van der Waals surface area contributed by atoms with Gasteiger partial charge in [-0.1, -0.05) is 30.3 Å². The fourth-order valence-electron chi connectivity index (χ4n) is 2.34. The van der Waals surface area contributed by atoms with Gasteiger partial charge in [-0.25, -0.2) is 0 Å². The minimum Gasteiger partial charge on any atom is -0.381 e. The fourth-order valence-corrected chi connectivity index (χ4v) is 2.34. The van der Waals surface area contributed by atoms with Gasteiger partial charge < -0.3 is 15.0 Å². The molecule has 1 heterocycles. The molecule has 0 amide bonds. The van der Waals surface area contributed by atoms with Gasteiger partial charge in [-0.2, -0.15) is 0 Å². The highest BCUT2D eigenvalue weighted by Gasteiger charge is 2.12. The van der Waals surface area contributed by atoms with Crippen LogP contribution in [0.25, 0.3) is 0 Å². The summed E-state index contributed by atoms with van der Waals surface area (Å²) < 4.78 is 5.36. The Hall–Kier alpha value is -0.900. The van der Waals surface area contributed by atoms with E-state index in [9.17, 15) is 0 Å². The standard InChI is InChI=1S/C15H24N2O/c1-17(13-14-5-3-2-4-6-14)10-9-16-15-7-11-18-12-8-15/h2-6,15-16H,7-13H2,1H3. The van der Waals surface area contributed by atoms with E-state index in [4.69, 9.17) is 4.74 Å². The van der Waals surface area contributed by atoms with Gasteiger partial charge in [-0.05, 0) is 25.5 Å². The van der Waals surface area contributed by atoms with Crippen LogP contribution in [0.5, 0.6) is 0 Å². The molecule has 1 aliphatic rings. The molecule has 0 bridgehead atoms. The summed E-state index contributed by atoms with van der Waals surface area (Å²) in [6.07, 6.45) is 2.31. The summed E-state index contributed by atoms with van der Waals surface area (Å²) in [6.45, 7) is 5.01. The molecule has 1 aromatic rings. The lowest BCUT2D eigenvalue weighted by Gasteiger charge is -2.24. The fraction of sp³-hybridized carbons (Fsp3) is 0.600. The number of rotatable bonds is 6. The average Bonchev–Trinajstić information content (AvgIpc) is 2.41. The molecule has 1 saturated heterocycles. The number of ether oxygens (including phenoxy) is 1. The predicted octanol–water partition coefficient (Wildman–Crippen LogP) is 1.89. The van der Waals surface area contributed by atoms with Crippen molar-refractivity contribution in [2.45, 2.75) is 25.4 Å². The van der Waals surface area contributed by atoms with Crippen LogP contribution >= 0.6 is 0 Å². The predicted molar refractivity (Wildman–Crippen MR) is 74.6 cm³/mol. The Bertz CT molecular complexity index is 323. The van der Waals surface area contributed by atoms with Gasteiger partial charge in [-0.3, -0.25) is 0 Å². The van der Waals surface area contributed by atoms with E-state index in [0.29, 0.717) is 6.04 Å². The van der Waals surface area contributed by atoms with Crippen LogP contribution in [0.3, 0.4) is 0 Å². The van der Waals surface area contributed by atoms with Crippen LogP contribution in [0.15, 0.2) is 30.3 Å². The Kier molecular flexibility index (Phi) is 5.65.